The van der Waals surface area contributed by atoms with Crippen LogP contribution in [0.2, 0.25) is 0 Å². The number of methoxy groups -OCH3 is 4. The van der Waals surface area contributed by atoms with E-state index in [1.54, 1.807) is 48.4 Å². The van der Waals surface area contributed by atoms with Crippen molar-refractivity contribution in [1.29, 1.82) is 0 Å². The lowest BCUT2D eigenvalue weighted by molar-refractivity contribution is -0.686. The smallest absolute Gasteiger partial charge is 0.310 e. The van der Waals surface area contributed by atoms with Crippen LogP contribution in [0.25, 0.3) is 28.1 Å². The van der Waals surface area contributed by atoms with Crippen molar-refractivity contribution in [2.24, 2.45) is 0 Å². The second-order valence-electron chi connectivity index (χ2n) is 11.8. The number of allylic oxidation sites excluding steroid dienone is 1. The van der Waals surface area contributed by atoms with E-state index in [0.717, 1.165) is 71.8 Å². The third-order valence-corrected chi connectivity index (χ3v) is 9.02. The van der Waals surface area contributed by atoms with E-state index in [1.165, 1.54) is 0 Å². The molecule has 5 rings (SSSR count). The summed E-state index contributed by atoms with van der Waals surface area (Å²) < 4.78 is 30.5. The number of hydrogen-bond acceptors (Lipinski definition) is 8. The number of benzene rings is 3. The number of unbranched alkanes of at least 4 members (excludes halogenated alkanes) is 3. The first-order valence-corrected chi connectivity index (χ1v) is 15.9. The maximum Gasteiger partial charge on any atom is 0.310 e. The number of carbonyl (C=O) groups is 1. The third kappa shape index (κ3) is 6.80. The van der Waals surface area contributed by atoms with Crippen LogP contribution < -0.4 is 23.5 Å². The van der Waals surface area contributed by atoms with Gasteiger partial charge in [0.1, 0.15) is 11.5 Å². The number of rotatable bonds is 13. The zero-order valence-electron chi connectivity index (χ0n) is 28.1. The fourth-order valence-corrected chi connectivity index (χ4v) is 6.30. The van der Waals surface area contributed by atoms with Crippen LogP contribution in [0.4, 0.5) is 0 Å². The average Bonchev–Trinajstić information content (AvgIpc) is 3.08. The van der Waals surface area contributed by atoms with Gasteiger partial charge in [-0.3, -0.25) is 4.79 Å². The van der Waals surface area contributed by atoms with Crippen molar-refractivity contribution < 1.29 is 43.3 Å². The summed E-state index contributed by atoms with van der Waals surface area (Å²) in [6.07, 6.45) is 10.1. The summed E-state index contributed by atoms with van der Waals surface area (Å²) in [5.74, 6) is 2.60. The van der Waals surface area contributed by atoms with Crippen molar-refractivity contribution >= 4 is 22.8 Å². The summed E-state index contributed by atoms with van der Waals surface area (Å²) in [7, 11) is 6.48. The van der Waals surface area contributed by atoms with Crippen molar-refractivity contribution in [2.45, 2.75) is 58.9 Å². The van der Waals surface area contributed by atoms with Crippen molar-refractivity contribution in [2.75, 3.05) is 35.0 Å². The number of hydrogen-bond donors (Lipinski definition) is 2. The molecule has 0 saturated heterocycles. The highest BCUT2D eigenvalue weighted by Crippen LogP contribution is 2.42. The Kier molecular flexibility index (Phi) is 10.4. The number of phenols is 2. The van der Waals surface area contributed by atoms with Gasteiger partial charge >= 0.3 is 5.97 Å². The van der Waals surface area contributed by atoms with Gasteiger partial charge in [-0.05, 0) is 86.6 Å². The molecule has 0 saturated carbocycles. The molecule has 0 aliphatic carbocycles. The van der Waals surface area contributed by atoms with Crippen molar-refractivity contribution in [1.82, 2.24) is 0 Å². The zero-order chi connectivity index (χ0) is 33.7. The van der Waals surface area contributed by atoms with Crippen molar-refractivity contribution in [3.05, 3.63) is 70.4 Å². The first-order valence-electron chi connectivity index (χ1n) is 15.9. The van der Waals surface area contributed by atoms with Gasteiger partial charge in [0.15, 0.2) is 35.7 Å². The molecule has 3 aromatic carbocycles. The van der Waals surface area contributed by atoms with Gasteiger partial charge < -0.3 is 33.9 Å². The molecule has 4 aromatic rings. The Hall–Kier alpha value is -4.92. The molecule has 9 nitrogen and oxygen atoms in total. The number of ether oxygens (including phenoxy) is 5. The van der Waals surface area contributed by atoms with Crippen LogP contribution in [0.15, 0.2) is 42.6 Å². The molecule has 0 radical (unpaired) electrons. The molecule has 1 aliphatic heterocycles. The largest absolute Gasteiger partial charge is 0.508 e. The van der Waals surface area contributed by atoms with Crippen LogP contribution in [-0.4, -0.2) is 51.2 Å². The molecule has 0 atom stereocenters. The fraction of sp³-hybridized carbons (Fsp3) is 0.368. The molecule has 0 amide bonds. The Labute approximate surface area is 275 Å². The average molecular weight is 643 g/mol. The van der Waals surface area contributed by atoms with Gasteiger partial charge in [-0.15, -0.1) is 0 Å². The number of aromatic hydroxyl groups is 2. The standard InChI is InChI=1S/C38H43NO8/c1-23-24(2)37(42)26(18-31(23)40)12-10-8-7-9-11-17-47-35(41)21-29-27-13-14-32(43-3)38(46-6)30(27)22-39-16-15-25-19-33(44-4)34(45-5)20-28(25)36(29)39/h10,12-14,18-20,22H,7-9,11,15-17,21H2,1-6H3,(H-,40,42)/p+1/b12-10+. The fourth-order valence-electron chi connectivity index (χ4n) is 6.30. The third-order valence-electron chi connectivity index (χ3n) is 9.02. The van der Waals surface area contributed by atoms with Crippen LogP contribution in [0, 0.1) is 13.8 Å². The Bertz CT molecular complexity index is 1830. The monoisotopic (exact) mass is 642 g/mol. The van der Waals surface area contributed by atoms with Crippen LogP contribution >= 0.6 is 0 Å². The highest BCUT2D eigenvalue weighted by atomic mass is 16.5. The maximum atomic E-state index is 13.4. The minimum Gasteiger partial charge on any atom is -0.508 e. The lowest BCUT2D eigenvalue weighted by Crippen LogP contribution is -2.41. The van der Waals surface area contributed by atoms with Crippen molar-refractivity contribution in [3.8, 4) is 45.8 Å². The molecule has 0 bridgehead atoms. The van der Waals surface area contributed by atoms with Gasteiger partial charge in [0, 0.05) is 22.9 Å². The summed E-state index contributed by atoms with van der Waals surface area (Å²) in [6, 6.07) is 9.42. The highest BCUT2D eigenvalue weighted by molar-refractivity contribution is 5.97. The molecule has 47 heavy (non-hydrogen) atoms. The quantitative estimate of drug-likeness (QED) is 0.0712. The SMILES string of the molecule is COc1cc2c(cc1OC)-c1c(CC(=O)OCCCCC/C=C/c3cc(O)c(C)c(C)c3O)c3ccc(OC)c(OC)c3c[n+]1CC2. The molecule has 0 unspecified atom stereocenters. The number of carbonyl (C=O) groups excluding carboxylic acids is 1. The highest BCUT2D eigenvalue weighted by Gasteiger charge is 2.32. The van der Waals surface area contributed by atoms with E-state index in [4.69, 9.17) is 23.7 Å². The van der Waals surface area contributed by atoms with Gasteiger partial charge in [-0.25, -0.2) is 0 Å². The predicted octanol–water partition coefficient (Wildman–Crippen LogP) is 6.77. The van der Waals surface area contributed by atoms with Gasteiger partial charge in [-0.1, -0.05) is 12.2 Å². The number of esters is 1. The van der Waals surface area contributed by atoms with E-state index in [0.29, 0.717) is 46.3 Å². The van der Waals surface area contributed by atoms with Crippen LogP contribution in [0.5, 0.6) is 34.5 Å². The lowest BCUT2D eigenvalue weighted by Gasteiger charge is -2.21. The topological polar surface area (TPSA) is 108 Å². The second-order valence-corrected chi connectivity index (χ2v) is 11.8. The first kappa shape index (κ1) is 33.4. The summed E-state index contributed by atoms with van der Waals surface area (Å²) >= 11 is 0. The lowest BCUT2D eigenvalue weighted by atomic mass is 9.90. The predicted molar refractivity (Wildman–Crippen MR) is 181 cm³/mol. The Morgan fingerprint density at radius 3 is 2.34 bits per heavy atom. The van der Waals surface area contributed by atoms with Gasteiger partial charge in [0.05, 0.1) is 52.4 Å². The van der Waals surface area contributed by atoms with E-state index < -0.39 is 0 Å². The Morgan fingerprint density at radius 2 is 1.62 bits per heavy atom. The molecule has 0 spiro atoms. The Balaban J connectivity index is 1.31. The molecule has 2 N–H and O–H groups in total. The van der Waals surface area contributed by atoms with Crippen LogP contribution in [0.1, 0.15) is 53.5 Å². The van der Waals surface area contributed by atoms with E-state index >= 15 is 0 Å². The second kappa shape index (κ2) is 14.7. The summed E-state index contributed by atoms with van der Waals surface area (Å²) in [6.45, 7) is 4.61. The van der Waals surface area contributed by atoms with Crippen LogP contribution in [-0.2, 0) is 28.9 Å². The minimum absolute atomic E-state index is 0.0883. The normalized spacial score (nSPS) is 12.1. The number of aromatic nitrogens is 1. The molecule has 248 valence electrons. The van der Waals surface area contributed by atoms with E-state index in [1.807, 2.05) is 36.4 Å². The molecule has 0 fully saturated rings. The molecular formula is C38H44NO8+. The Morgan fingerprint density at radius 1 is 0.872 bits per heavy atom. The molecule has 2 heterocycles. The molecule has 1 aromatic heterocycles. The number of fused-ring (bicyclic) bond motifs is 4. The van der Waals surface area contributed by atoms with Crippen LogP contribution in [0.3, 0.4) is 0 Å². The van der Waals surface area contributed by atoms with E-state index in [-0.39, 0.29) is 23.9 Å². The summed E-state index contributed by atoms with van der Waals surface area (Å²) in [5.41, 5.74) is 5.87. The van der Waals surface area contributed by atoms with Gasteiger partial charge in [-0.2, -0.15) is 4.57 Å². The summed E-state index contributed by atoms with van der Waals surface area (Å²) in [5, 5.41) is 22.2. The zero-order valence-corrected chi connectivity index (χ0v) is 28.1. The maximum absolute atomic E-state index is 13.4. The number of pyridine rings is 1. The van der Waals surface area contributed by atoms with E-state index in [9.17, 15) is 15.0 Å². The van der Waals surface area contributed by atoms with Gasteiger partial charge in [0.25, 0.3) is 0 Å². The number of aryl methyl sites for hydroxylation is 2. The molecule has 9 heteroatoms. The van der Waals surface area contributed by atoms with Gasteiger partial charge in [0.2, 0.25) is 5.69 Å². The minimum atomic E-state index is -0.299. The van der Waals surface area contributed by atoms with Crippen molar-refractivity contribution in [3.63, 3.8) is 0 Å². The molecule has 1 aliphatic rings. The van der Waals surface area contributed by atoms with E-state index in [2.05, 4.69) is 10.8 Å². The summed E-state index contributed by atoms with van der Waals surface area (Å²) in [4.78, 5) is 13.4. The number of nitrogens with zero attached hydrogens (tertiary/aromatic N) is 1. The first-order chi connectivity index (χ1) is 22.7. The molecular weight excluding hydrogens is 598 g/mol. The number of phenolic OH excluding ortho intramolecular Hbond substituents is 2.